The number of nitrogens with two attached hydrogens (primary N) is 1. The topological polar surface area (TPSA) is 50.9 Å². The summed E-state index contributed by atoms with van der Waals surface area (Å²) in [6.07, 6.45) is 3.65. The van der Waals surface area contributed by atoms with Crippen molar-refractivity contribution in [3.63, 3.8) is 0 Å². The number of pyridine rings is 1. The highest BCUT2D eigenvalue weighted by atomic mass is 35.5. The van der Waals surface area contributed by atoms with E-state index in [1.165, 1.54) is 11.3 Å². The number of nitrogens with one attached hydrogen (secondary N) is 1. The summed E-state index contributed by atoms with van der Waals surface area (Å²) in [5.74, 6) is 5.74. The second-order valence-electron chi connectivity index (χ2n) is 4.19. The van der Waals surface area contributed by atoms with E-state index < -0.39 is 0 Å². The molecule has 3 nitrogen and oxygen atoms in total. The maximum Gasteiger partial charge on any atom is 0.0931 e. The molecule has 1 atom stereocenters. The van der Waals surface area contributed by atoms with E-state index in [4.69, 9.17) is 17.4 Å². The van der Waals surface area contributed by atoms with Crippen molar-refractivity contribution in [1.82, 2.24) is 10.4 Å². The van der Waals surface area contributed by atoms with Crippen molar-refractivity contribution < 1.29 is 0 Å². The molecule has 1 unspecified atom stereocenters. The number of hydrogen-bond donors (Lipinski definition) is 2. The number of rotatable bonds is 3. The SMILES string of the molecule is NNC(c1ccc(Cl)s1)c1cccc2cnccc12. The molecule has 0 radical (unpaired) electrons. The molecule has 2 heterocycles. The minimum absolute atomic E-state index is 0.0661. The Morgan fingerprint density at radius 1 is 1.21 bits per heavy atom. The maximum atomic E-state index is 6.01. The molecule has 0 amide bonds. The van der Waals surface area contributed by atoms with Gasteiger partial charge in [-0.25, -0.2) is 5.43 Å². The summed E-state index contributed by atoms with van der Waals surface area (Å²) in [6.45, 7) is 0. The number of hydrogen-bond acceptors (Lipinski definition) is 4. The Labute approximate surface area is 120 Å². The average Bonchev–Trinajstić information content (AvgIpc) is 2.86. The fourth-order valence-electron chi connectivity index (χ4n) is 2.21. The van der Waals surface area contributed by atoms with Gasteiger partial charge in [0.2, 0.25) is 0 Å². The third-order valence-electron chi connectivity index (χ3n) is 3.07. The molecule has 0 aliphatic carbocycles. The lowest BCUT2D eigenvalue weighted by molar-refractivity contribution is 0.650. The van der Waals surface area contributed by atoms with E-state index in [-0.39, 0.29) is 6.04 Å². The monoisotopic (exact) mass is 289 g/mol. The van der Waals surface area contributed by atoms with Gasteiger partial charge < -0.3 is 0 Å². The lowest BCUT2D eigenvalue weighted by atomic mass is 9.99. The van der Waals surface area contributed by atoms with Crippen LogP contribution in [-0.2, 0) is 0 Å². The highest BCUT2D eigenvalue weighted by molar-refractivity contribution is 7.16. The van der Waals surface area contributed by atoms with Crippen molar-refractivity contribution in [2.24, 2.45) is 5.84 Å². The molecular formula is C14H12ClN3S. The van der Waals surface area contributed by atoms with Gasteiger partial charge >= 0.3 is 0 Å². The second-order valence-corrected chi connectivity index (χ2v) is 5.93. The summed E-state index contributed by atoms with van der Waals surface area (Å²) < 4.78 is 0.761. The summed E-state index contributed by atoms with van der Waals surface area (Å²) in [5.41, 5.74) is 4.00. The highest BCUT2D eigenvalue weighted by Gasteiger charge is 2.16. The Kier molecular flexibility index (Phi) is 3.48. The Hall–Kier alpha value is -1.46. The van der Waals surface area contributed by atoms with Crippen LogP contribution in [0.4, 0.5) is 0 Å². The van der Waals surface area contributed by atoms with E-state index in [2.05, 4.69) is 16.5 Å². The third-order valence-corrected chi connectivity index (χ3v) is 4.37. The Balaban J connectivity index is 2.16. The number of hydrazine groups is 1. The first-order valence-corrected chi connectivity index (χ1v) is 7.03. The number of benzene rings is 1. The number of thiophene rings is 1. The Bertz CT molecular complexity index is 705. The van der Waals surface area contributed by atoms with E-state index in [0.717, 1.165) is 25.5 Å². The van der Waals surface area contributed by atoms with Crippen molar-refractivity contribution in [3.05, 3.63) is 63.6 Å². The molecule has 0 aliphatic rings. The van der Waals surface area contributed by atoms with E-state index in [1.807, 2.05) is 36.5 Å². The summed E-state index contributed by atoms with van der Waals surface area (Å²) in [5, 5.41) is 2.24. The Morgan fingerprint density at radius 2 is 2.11 bits per heavy atom. The van der Waals surface area contributed by atoms with Crippen molar-refractivity contribution in [2.45, 2.75) is 6.04 Å². The van der Waals surface area contributed by atoms with Crippen LogP contribution in [0.15, 0.2) is 48.8 Å². The van der Waals surface area contributed by atoms with E-state index in [0.29, 0.717) is 0 Å². The van der Waals surface area contributed by atoms with Crippen LogP contribution in [0.1, 0.15) is 16.5 Å². The molecule has 19 heavy (non-hydrogen) atoms. The molecule has 1 aromatic carbocycles. The average molecular weight is 290 g/mol. The summed E-state index contributed by atoms with van der Waals surface area (Å²) >= 11 is 7.54. The zero-order valence-corrected chi connectivity index (χ0v) is 11.6. The molecule has 96 valence electrons. The number of aromatic nitrogens is 1. The largest absolute Gasteiger partial charge is 0.271 e. The molecule has 0 saturated carbocycles. The van der Waals surface area contributed by atoms with Crippen LogP contribution < -0.4 is 11.3 Å². The van der Waals surface area contributed by atoms with Crippen LogP contribution in [-0.4, -0.2) is 4.98 Å². The minimum Gasteiger partial charge on any atom is -0.271 e. The molecule has 5 heteroatoms. The van der Waals surface area contributed by atoms with Gasteiger partial charge in [0.1, 0.15) is 0 Å². The van der Waals surface area contributed by atoms with Gasteiger partial charge in [-0.3, -0.25) is 10.8 Å². The van der Waals surface area contributed by atoms with Gasteiger partial charge in [-0.15, -0.1) is 11.3 Å². The van der Waals surface area contributed by atoms with Gasteiger partial charge in [0.05, 0.1) is 10.4 Å². The molecule has 0 aliphatic heterocycles. The van der Waals surface area contributed by atoms with Gasteiger partial charge in [-0.1, -0.05) is 29.8 Å². The van der Waals surface area contributed by atoms with Crippen molar-refractivity contribution in [1.29, 1.82) is 0 Å². The fraction of sp³-hybridized carbons (Fsp3) is 0.0714. The van der Waals surface area contributed by atoms with E-state index >= 15 is 0 Å². The van der Waals surface area contributed by atoms with Gasteiger partial charge in [-0.2, -0.15) is 0 Å². The van der Waals surface area contributed by atoms with Crippen LogP contribution in [0.25, 0.3) is 10.8 Å². The standard InChI is InChI=1S/C14H12ClN3S/c15-13-5-4-12(19-13)14(18-16)11-3-1-2-9-8-17-7-6-10(9)11/h1-8,14,18H,16H2. The normalized spacial score (nSPS) is 12.7. The number of halogens is 1. The Morgan fingerprint density at radius 3 is 2.84 bits per heavy atom. The predicted molar refractivity (Wildman–Crippen MR) is 80.2 cm³/mol. The number of nitrogens with zero attached hydrogens (tertiary/aromatic N) is 1. The number of fused-ring (bicyclic) bond motifs is 1. The molecule has 0 spiro atoms. The molecule has 3 aromatic rings. The van der Waals surface area contributed by atoms with E-state index in [9.17, 15) is 0 Å². The highest BCUT2D eigenvalue weighted by Crippen LogP contribution is 2.33. The smallest absolute Gasteiger partial charge is 0.0931 e. The lowest BCUT2D eigenvalue weighted by Crippen LogP contribution is -2.28. The van der Waals surface area contributed by atoms with Gasteiger partial charge in [0.25, 0.3) is 0 Å². The summed E-state index contributed by atoms with van der Waals surface area (Å²) in [6, 6.07) is 11.9. The predicted octanol–water partition coefficient (Wildman–Crippen LogP) is 3.50. The van der Waals surface area contributed by atoms with E-state index in [1.54, 1.807) is 6.20 Å². The minimum atomic E-state index is -0.0661. The molecule has 2 aromatic heterocycles. The van der Waals surface area contributed by atoms with Crippen molar-refractivity contribution in [3.8, 4) is 0 Å². The quantitative estimate of drug-likeness (QED) is 0.573. The molecule has 0 fully saturated rings. The van der Waals surface area contributed by atoms with Crippen LogP contribution in [0.2, 0.25) is 4.34 Å². The maximum absolute atomic E-state index is 6.01. The van der Waals surface area contributed by atoms with Crippen molar-refractivity contribution in [2.75, 3.05) is 0 Å². The first-order chi connectivity index (χ1) is 9.29. The van der Waals surface area contributed by atoms with Gasteiger partial charge in [-0.05, 0) is 29.1 Å². The van der Waals surface area contributed by atoms with Gasteiger partial charge in [0, 0.05) is 22.7 Å². The lowest BCUT2D eigenvalue weighted by Gasteiger charge is -2.16. The summed E-state index contributed by atoms with van der Waals surface area (Å²) in [4.78, 5) is 5.24. The van der Waals surface area contributed by atoms with Crippen molar-refractivity contribution >= 4 is 33.7 Å². The van der Waals surface area contributed by atoms with Crippen LogP contribution in [0.5, 0.6) is 0 Å². The third kappa shape index (κ3) is 2.35. The van der Waals surface area contributed by atoms with Crippen LogP contribution in [0, 0.1) is 0 Å². The molecule has 0 bridgehead atoms. The zero-order valence-electron chi connectivity index (χ0n) is 10.0. The van der Waals surface area contributed by atoms with Gasteiger partial charge in [0.15, 0.2) is 0 Å². The second kappa shape index (κ2) is 5.27. The molecular weight excluding hydrogens is 278 g/mol. The first kappa shape index (κ1) is 12.6. The summed E-state index contributed by atoms with van der Waals surface area (Å²) in [7, 11) is 0. The van der Waals surface area contributed by atoms with Crippen LogP contribution in [0.3, 0.4) is 0 Å². The zero-order chi connectivity index (χ0) is 13.2. The first-order valence-electron chi connectivity index (χ1n) is 5.83. The molecule has 0 saturated heterocycles. The fourth-order valence-corrected chi connectivity index (χ4v) is 3.35. The molecule has 3 rings (SSSR count). The molecule has 3 N–H and O–H groups in total. The van der Waals surface area contributed by atoms with Crippen LogP contribution >= 0.6 is 22.9 Å².